The van der Waals surface area contributed by atoms with Crippen LogP contribution in [0.2, 0.25) is 0 Å². The number of ether oxygens (including phenoxy) is 1. The summed E-state index contributed by atoms with van der Waals surface area (Å²) in [5, 5.41) is 20.4. The first-order valence-corrected chi connectivity index (χ1v) is 12.9. The Balaban J connectivity index is 1.18. The SMILES string of the molecule is Cn1nc(-n2cccn2)cc1C(=O)N1C[C@@H]2[C@H](C1)[C@@H]2Oc1cc(C(C)(C)NC(=O)O)cc(-c2ccc(F)cc2)n1. The molecule has 1 aromatic carbocycles. The Morgan fingerprint density at radius 2 is 1.85 bits per heavy atom. The topological polar surface area (TPSA) is 127 Å². The van der Waals surface area contributed by atoms with Crippen molar-refractivity contribution in [1.82, 2.24) is 34.8 Å². The number of nitrogens with one attached hydrogen (secondary N) is 1. The molecule has 0 spiro atoms. The molecule has 4 heterocycles. The molecule has 40 heavy (non-hydrogen) atoms. The number of benzene rings is 1. The van der Waals surface area contributed by atoms with E-state index in [2.05, 4.69) is 20.5 Å². The third kappa shape index (κ3) is 4.76. The summed E-state index contributed by atoms with van der Waals surface area (Å²) in [6.07, 6.45) is 2.16. The van der Waals surface area contributed by atoms with Crippen LogP contribution >= 0.6 is 0 Å². The fourth-order valence-corrected chi connectivity index (χ4v) is 5.32. The zero-order chi connectivity index (χ0) is 28.2. The minimum atomic E-state index is -1.15. The van der Waals surface area contributed by atoms with Crippen LogP contribution in [0.4, 0.5) is 9.18 Å². The van der Waals surface area contributed by atoms with Crippen LogP contribution in [-0.4, -0.2) is 65.7 Å². The number of carbonyl (C=O) groups excluding carboxylic acids is 1. The molecule has 0 bridgehead atoms. The quantitative estimate of drug-likeness (QED) is 0.364. The average molecular weight is 546 g/mol. The number of pyridine rings is 1. The number of aryl methyl sites for hydroxylation is 1. The van der Waals surface area contributed by atoms with Gasteiger partial charge >= 0.3 is 6.09 Å². The molecule has 2 aliphatic rings. The van der Waals surface area contributed by atoms with E-state index in [4.69, 9.17) is 4.74 Å². The normalized spacial score (nSPS) is 19.8. The van der Waals surface area contributed by atoms with Crippen LogP contribution in [0.5, 0.6) is 5.88 Å². The number of carbonyl (C=O) groups is 2. The van der Waals surface area contributed by atoms with E-state index < -0.39 is 11.6 Å². The molecule has 1 saturated carbocycles. The largest absolute Gasteiger partial charge is 0.474 e. The number of piperidine rings is 1. The van der Waals surface area contributed by atoms with Crippen molar-refractivity contribution in [3.63, 3.8) is 0 Å². The van der Waals surface area contributed by atoms with Crippen LogP contribution in [0.1, 0.15) is 29.9 Å². The van der Waals surface area contributed by atoms with Gasteiger partial charge in [-0.25, -0.2) is 18.9 Å². The highest BCUT2D eigenvalue weighted by molar-refractivity contribution is 5.93. The van der Waals surface area contributed by atoms with Gasteiger partial charge in [-0.3, -0.25) is 9.48 Å². The summed E-state index contributed by atoms with van der Waals surface area (Å²) in [6.45, 7) is 4.60. The van der Waals surface area contributed by atoms with Crippen molar-refractivity contribution < 1.29 is 23.8 Å². The van der Waals surface area contributed by atoms with Crippen molar-refractivity contribution in [2.45, 2.75) is 25.5 Å². The van der Waals surface area contributed by atoms with Gasteiger partial charge in [0.25, 0.3) is 5.91 Å². The van der Waals surface area contributed by atoms with Gasteiger partial charge in [0.2, 0.25) is 5.88 Å². The van der Waals surface area contributed by atoms with Crippen molar-refractivity contribution in [2.75, 3.05) is 13.1 Å². The van der Waals surface area contributed by atoms with Crippen LogP contribution in [-0.2, 0) is 12.6 Å². The Morgan fingerprint density at radius 1 is 1.12 bits per heavy atom. The number of hydrogen-bond donors (Lipinski definition) is 2. The van der Waals surface area contributed by atoms with Crippen LogP contribution in [0.3, 0.4) is 0 Å². The first kappa shape index (κ1) is 25.5. The molecule has 206 valence electrons. The van der Waals surface area contributed by atoms with Gasteiger partial charge in [-0.15, -0.1) is 0 Å². The zero-order valence-electron chi connectivity index (χ0n) is 22.2. The Labute approximate surface area is 229 Å². The zero-order valence-corrected chi connectivity index (χ0v) is 22.2. The fraction of sp³-hybridized carbons (Fsp3) is 0.321. The third-order valence-corrected chi connectivity index (χ3v) is 7.57. The maximum atomic E-state index is 13.5. The standard InChI is InChI=1S/C28H28FN7O4/c1-28(2,32-27(38)39)17-11-21(16-5-7-18(29)8-6-16)31-24(12-17)40-25-19-14-35(15-20(19)25)26(37)22-13-23(33-34(22)3)36-10-4-9-30-36/h4-13,19-20,25,32H,14-15H2,1-3H3,(H,38,39)/t19-,20+,25-. The molecule has 3 aromatic heterocycles. The van der Waals surface area contributed by atoms with Gasteiger partial charge in [0.1, 0.15) is 17.6 Å². The summed E-state index contributed by atoms with van der Waals surface area (Å²) in [6, 6.07) is 13.0. The number of rotatable bonds is 7. The molecule has 2 fully saturated rings. The lowest BCUT2D eigenvalue weighted by molar-refractivity contribution is 0.0740. The highest BCUT2D eigenvalue weighted by Gasteiger charge is 2.59. The minimum absolute atomic E-state index is 0.0976. The number of fused-ring (bicyclic) bond motifs is 1. The van der Waals surface area contributed by atoms with E-state index >= 15 is 0 Å². The number of carboxylic acid groups (broad SMARTS) is 1. The summed E-state index contributed by atoms with van der Waals surface area (Å²) in [5.74, 6) is 0.785. The summed E-state index contributed by atoms with van der Waals surface area (Å²) < 4.78 is 23.0. The predicted molar refractivity (Wildman–Crippen MR) is 141 cm³/mol. The fourth-order valence-electron chi connectivity index (χ4n) is 5.32. The summed E-state index contributed by atoms with van der Waals surface area (Å²) in [4.78, 5) is 31.1. The molecule has 4 aromatic rings. The number of hydrogen-bond acceptors (Lipinski definition) is 6. The molecule has 2 N–H and O–H groups in total. The Bertz CT molecular complexity index is 1570. The molecule has 0 unspecified atom stereocenters. The van der Waals surface area contributed by atoms with E-state index in [9.17, 15) is 19.1 Å². The summed E-state index contributed by atoms with van der Waals surface area (Å²) >= 11 is 0. The molecular formula is C28H28FN7O4. The number of aromatic nitrogens is 5. The highest BCUT2D eigenvalue weighted by atomic mass is 19.1. The molecule has 11 nitrogen and oxygen atoms in total. The Morgan fingerprint density at radius 3 is 2.50 bits per heavy atom. The first-order valence-electron chi connectivity index (χ1n) is 12.9. The van der Waals surface area contributed by atoms with E-state index in [-0.39, 0.29) is 29.7 Å². The number of halogens is 1. The van der Waals surface area contributed by atoms with E-state index in [0.717, 1.165) is 0 Å². The number of likely N-dealkylation sites (tertiary alicyclic amines) is 1. The Hall–Kier alpha value is -4.74. The van der Waals surface area contributed by atoms with Crippen molar-refractivity contribution in [3.05, 3.63) is 78.0 Å². The van der Waals surface area contributed by atoms with Gasteiger partial charge in [-0.1, -0.05) is 0 Å². The van der Waals surface area contributed by atoms with Gasteiger partial charge in [0, 0.05) is 62.1 Å². The van der Waals surface area contributed by atoms with E-state index in [1.165, 1.54) is 12.1 Å². The van der Waals surface area contributed by atoms with Crippen molar-refractivity contribution in [1.29, 1.82) is 0 Å². The second-order valence-corrected chi connectivity index (χ2v) is 10.7. The molecule has 3 atom stereocenters. The second kappa shape index (κ2) is 9.47. The molecule has 0 radical (unpaired) electrons. The smallest absolute Gasteiger partial charge is 0.405 e. The van der Waals surface area contributed by atoms with Gasteiger partial charge in [-0.05, 0) is 55.8 Å². The second-order valence-electron chi connectivity index (χ2n) is 10.7. The lowest BCUT2D eigenvalue weighted by atomic mass is 9.93. The van der Waals surface area contributed by atoms with Gasteiger partial charge in [0.15, 0.2) is 5.82 Å². The number of nitrogens with zero attached hydrogens (tertiary/aromatic N) is 6. The number of amides is 2. The van der Waals surface area contributed by atoms with Crippen molar-refractivity contribution >= 4 is 12.0 Å². The molecule has 2 amide bonds. The molecule has 1 saturated heterocycles. The van der Waals surface area contributed by atoms with Crippen molar-refractivity contribution in [3.8, 4) is 23.0 Å². The Kier molecular flexibility index (Phi) is 6.05. The van der Waals surface area contributed by atoms with E-state index in [1.807, 2.05) is 4.90 Å². The highest BCUT2D eigenvalue weighted by Crippen LogP contribution is 2.48. The minimum Gasteiger partial charge on any atom is -0.474 e. The maximum Gasteiger partial charge on any atom is 0.405 e. The molecule has 12 heteroatoms. The molecule has 6 rings (SSSR count). The third-order valence-electron chi connectivity index (χ3n) is 7.57. The maximum absolute atomic E-state index is 13.5. The molecule has 1 aliphatic carbocycles. The average Bonchev–Trinajstić information content (AvgIpc) is 3.41. The lowest BCUT2D eigenvalue weighted by Crippen LogP contribution is -2.40. The molecule has 1 aliphatic heterocycles. The van der Waals surface area contributed by atoms with Crippen LogP contribution in [0, 0.1) is 17.7 Å². The van der Waals surface area contributed by atoms with Crippen LogP contribution in [0.15, 0.2) is 60.9 Å². The monoisotopic (exact) mass is 545 g/mol. The van der Waals surface area contributed by atoms with Gasteiger partial charge in [-0.2, -0.15) is 10.2 Å². The van der Waals surface area contributed by atoms with Gasteiger partial charge in [0.05, 0.1) is 11.2 Å². The van der Waals surface area contributed by atoms with E-state index in [0.29, 0.717) is 47.3 Å². The van der Waals surface area contributed by atoms with Crippen LogP contribution < -0.4 is 10.1 Å². The van der Waals surface area contributed by atoms with Gasteiger partial charge < -0.3 is 20.1 Å². The first-order chi connectivity index (χ1) is 19.1. The van der Waals surface area contributed by atoms with E-state index in [1.54, 1.807) is 79.1 Å². The summed E-state index contributed by atoms with van der Waals surface area (Å²) in [7, 11) is 1.74. The summed E-state index contributed by atoms with van der Waals surface area (Å²) in [5.41, 5.74) is 1.43. The predicted octanol–water partition coefficient (Wildman–Crippen LogP) is 3.46. The van der Waals surface area contributed by atoms with Crippen LogP contribution in [0.25, 0.3) is 17.1 Å². The molecular weight excluding hydrogens is 517 g/mol. The lowest BCUT2D eigenvalue weighted by Gasteiger charge is -2.26. The van der Waals surface area contributed by atoms with Crippen molar-refractivity contribution in [2.24, 2.45) is 18.9 Å².